The minimum atomic E-state index is -0.0866. The van der Waals surface area contributed by atoms with Gasteiger partial charge in [0.05, 0.1) is 6.10 Å². The van der Waals surface area contributed by atoms with E-state index in [9.17, 15) is 5.11 Å². The summed E-state index contributed by atoms with van der Waals surface area (Å²) in [4.78, 5) is 0. The molecule has 0 aromatic heterocycles. The summed E-state index contributed by atoms with van der Waals surface area (Å²) in [6, 6.07) is 0. The average molecular weight is 399 g/mol. The lowest BCUT2D eigenvalue weighted by molar-refractivity contribution is -0.0540. The third kappa shape index (κ3) is 3.58. The lowest BCUT2D eigenvalue weighted by Crippen LogP contribution is -2.50. The minimum Gasteiger partial charge on any atom is -0.393 e. The van der Waals surface area contributed by atoms with Gasteiger partial charge in [-0.05, 0) is 104 Å². The van der Waals surface area contributed by atoms with Crippen LogP contribution in [0.5, 0.6) is 0 Å². The molecule has 4 aliphatic carbocycles. The molecule has 0 aromatic rings. The third-order valence-electron chi connectivity index (χ3n) is 10.6. The van der Waals surface area contributed by atoms with Gasteiger partial charge in [-0.1, -0.05) is 65.3 Å². The van der Waals surface area contributed by atoms with Gasteiger partial charge in [-0.25, -0.2) is 0 Å². The van der Waals surface area contributed by atoms with Crippen molar-refractivity contribution in [3.05, 3.63) is 23.8 Å². The Kier molecular flexibility index (Phi) is 5.86. The van der Waals surface area contributed by atoms with Crippen LogP contribution < -0.4 is 0 Å². The Balaban J connectivity index is 1.53. The smallest absolute Gasteiger partial charge is 0.0577 e. The largest absolute Gasteiger partial charge is 0.393 e. The summed E-state index contributed by atoms with van der Waals surface area (Å²) in [5, 5.41) is 10.2. The maximum Gasteiger partial charge on any atom is 0.0577 e. The van der Waals surface area contributed by atoms with Crippen molar-refractivity contribution in [2.24, 2.45) is 52.3 Å². The SMILES string of the molecule is CC(C)[C@@H](C)/C=C/[C@H](C)[C@H]1CC[C@H]2[C@@H]3CC=C4C[C@@H](O)CC[C@]4(C)[C@H]3CC[C@@]12C. The van der Waals surface area contributed by atoms with E-state index < -0.39 is 0 Å². The predicted octanol–water partition coefficient (Wildman–Crippen LogP) is 7.41. The summed E-state index contributed by atoms with van der Waals surface area (Å²) in [5.74, 6) is 5.63. The Labute approximate surface area is 180 Å². The van der Waals surface area contributed by atoms with Gasteiger partial charge in [0.15, 0.2) is 0 Å². The standard InChI is InChI=1S/C28H46O/c1-18(2)19(3)7-8-20(4)24-11-12-25-23-10-9-21-17-22(29)13-15-27(21,5)26(23)14-16-28(24,25)6/h7-9,18-20,22-26,29H,10-17H2,1-6H3/b8-7+/t19-,20-,22-,23-,24+,25-,26-,27-,28-/m0/s1. The van der Waals surface area contributed by atoms with Crippen LogP contribution in [0.25, 0.3) is 0 Å². The van der Waals surface area contributed by atoms with E-state index in [0.717, 1.165) is 42.4 Å². The fourth-order valence-electron chi connectivity index (χ4n) is 8.25. The fraction of sp³-hybridized carbons (Fsp3) is 0.857. The van der Waals surface area contributed by atoms with E-state index in [-0.39, 0.29) is 6.10 Å². The number of aliphatic hydroxyl groups is 1. The van der Waals surface area contributed by atoms with Crippen molar-refractivity contribution < 1.29 is 5.11 Å². The van der Waals surface area contributed by atoms with E-state index >= 15 is 0 Å². The van der Waals surface area contributed by atoms with E-state index in [1.165, 1.54) is 38.5 Å². The van der Waals surface area contributed by atoms with Gasteiger partial charge in [0.25, 0.3) is 0 Å². The van der Waals surface area contributed by atoms with E-state index in [1.807, 2.05) is 0 Å². The van der Waals surface area contributed by atoms with Gasteiger partial charge in [-0.3, -0.25) is 0 Å². The normalized spacial score (nSPS) is 46.8. The van der Waals surface area contributed by atoms with Gasteiger partial charge < -0.3 is 5.11 Å². The van der Waals surface area contributed by atoms with Crippen LogP contribution in [0, 0.1) is 52.3 Å². The fourth-order valence-corrected chi connectivity index (χ4v) is 8.25. The molecule has 164 valence electrons. The second-order valence-electron chi connectivity index (χ2n) is 12.2. The van der Waals surface area contributed by atoms with E-state index in [2.05, 4.69) is 59.8 Å². The molecule has 0 saturated heterocycles. The van der Waals surface area contributed by atoms with E-state index in [1.54, 1.807) is 5.57 Å². The first-order valence-corrected chi connectivity index (χ1v) is 12.7. The number of allylic oxidation sites excluding steroid dienone is 3. The maximum absolute atomic E-state index is 10.2. The highest BCUT2D eigenvalue weighted by Crippen LogP contribution is 2.67. The molecule has 4 aliphatic rings. The Morgan fingerprint density at radius 2 is 1.72 bits per heavy atom. The lowest BCUT2D eigenvalue weighted by atomic mass is 9.47. The molecule has 0 aromatic carbocycles. The molecule has 1 N–H and O–H groups in total. The first-order chi connectivity index (χ1) is 13.7. The van der Waals surface area contributed by atoms with Crippen LogP contribution in [0.4, 0.5) is 0 Å². The van der Waals surface area contributed by atoms with Gasteiger partial charge in [0.1, 0.15) is 0 Å². The molecule has 0 radical (unpaired) electrons. The molecular weight excluding hydrogens is 352 g/mol. The van der Waals surface area contributed by atoms with Crippen LogP contribution in [0.3, 0.4) is 0 Å². The Hall–Kier alpha value is -0.560. The first-order valence-electron chi connectivity index (χ1n) is 12.7. The molecule has 0 bridgehead atoms. The van der Waals surface area contributed by atoms with Crippen molar-refractivity contribution >= 4 is 0 Å². The Morgan fingerprint density at radius 3 is 2.45 bits per heavy atom. The molecule has 1 heteroatoms. The van der Waals surface area contributed by atoms with Gasteiger partial charge in [-0.2, -0.15) is 0 Å². The third-order valence-corrected chi connectivity index (χ3v) is 10.6. The van der Waals surface area contributed by atoms with Crippen LogP contribution >= 0.6 is 0 Å². The topological polar surface area (TPSA) is 20.2 Å². The van der Waals surface area contributed by atoms with Crippen LogP contribution in [-0.4, -0.2) is 11.2 Å². The quantitative estimate of drug-likeness (QED) is 0.489. The summed E-state index contributed by atoms with van der Waals surface area (Å²) in [5.41, 5.74) is 2.51. The molecule has 4 rings (SSSR count). The molecule has 0 unspecified atom stereocenters. The highest BCUT2D eigenvalue weighted by molar-refractivity contribution is 5.25. The summed E-state index contributed by atoms with van der Waals surface area (Å²) in [6.45, 7) is 14.7. The summed E-state index contributed by atoms with van der Waals surface area (Å²) in [7, 11) is 0. The predicted molar refractivity (Wildman–Crippen MR) is 124 cm³/mol. The lowest BCUT2D eigenvalue weighted by Gasteiger charge is -2.58. The zero-order valence-corrected chi connectivity index (χ0v) is 20.0. The Morgan fingerprint density at radius 1 is 0.966 bits per heavy atom. The van der Waals surface area contributed by atoms with Gasteiger partial charge >= 0.3 is 0 Å². The number of fused-ring (bicyclic) bond motifs is 5. The zero-order valence-electron chi connectivity index (χ0n) is 20.0. The zero-order chi connectivity index (χ0) is 21.0. The van der Waals surface area contributed by atoms with E-state index in [4.69, 9.17) is 0 Å². The molecule has 0 amide bonds. The molecule has 0 heterocycles. The number of rotatable bonds is 4. The molecule has 3 fully saturated rings. The summed E-state index contributed by atoms with van der Waals surface area (Å²) < 4.78 is 0. The van der Waals surface area contributed by atoms with Crippen molar-refractivity contribution in [1.29, 1.82) is 0 Å². The monoisotopic (exact) mass is 398 g/mol. The van der Waals surface area contributed by atoms with Crippen molar-refractivity contribution in [2.75, 3.05) is 0 Å². The minimum absolute atomic E-state index is 0.0866. The molecule has 0 spiro atoms. The van der Waals surface area contributed by atoms with Crippen molar-refractivity contribution in [3.8, 4) is 0 Å². The molecule has 0 aliphatic heterocycles. The highest BCUT2D eigenvalue weighted by Gasteiger charge is 2.58. The van der Waals surface area contributed by atoms with Gasteiger partial charge in [0.2, 0.25) is 0 Å². The maximum atomic E-state index is 10.2. The molecule has 9 atom stereocenters. The van der Waals surface area contributed by atoms with Crippen LogP contribution in [0.15, 0.2) is 23.8 Å². The average Bonchev–Trinajstić information content (AvgIpc) is 3.03. The highest BCUT2D eigenvalue weighted by atomic mass is 16.3. The summed E-state index contributed by atoms with van der Waals surface area (Å²) in [6.07, 6.45) is 17.7. The van der Waals surface area contributed by atoms with Crippen molar-refractivity contribution in [1.82, 2.24) is 0 Å². The molecular formula is C28H46O. The van der Waals surface area contributed by atoms with Gasteiger partial charge in [0, 0.05) is 0 Å². The van der Waals surface area contributed by atoms with Crippen LogP contribution in [0.1, 0.15) is 92.9 Å². The second kappa shape index (κ2) is 7.85. The molecule has 1 nitrogen and oxygen atoms in total. The van der Waals surface area contributed by atoms with Crippen molar-refractivity contribution in [3.63, 3.8) is 0 Å². The van der Waals surface area contributed by atoms with Gasteiger partial charge in [-0.15, -0.1) is 0 Å². The van der Waals surface area contributed by atoms with Crippen LogP contribution in [-0.2, 0) is 0 Å². The summed E-state index contributed by atoms with van der Waals surface area (Å²) >= 11 is 0. The van der Waals surface area contributed by atoms with E-state index in [0.29, 0.717) is 22.7 Å². The first kappa shape index (κ1) is 21.7. The molecule has 3 saturated carbocycles. The van der Waals surface area contributed by atoms with Crippen molar-refractivity contribution in [2.45, 2.75) is 99.0 Å². The number of aliphatic hydroxyl groups excluding tert-OH is 1. The Bertz CT molecular complexity index is 659. The van der Waals surface area contributed by atoms with Crippen LogP contribution in [0.2, 0.25) is 0 Å². The number of hydrogen-bond acceptors (Lipinski definition) is 1. The second-order valence-corrected chi connectivity index (χ2v) is 12.2. The molecule has 29 heavy (non-hydrogen) atoms. The number of hydrogen-bond donors (Lipinski definition) is 1.